The Bertz CT molecular complexity index is 680. The molecule has 2 aromatic rings. The fourth-order valence-electron chi connectivity index (χ4n) is 3.95. The molecule has 2 aromatic carbocycles. The third kappa shape index (κ3) is 5.85. The lowest BCUT2D eigenvalue weighted by Crippen LogP contribution is -2.36. The summed E-state index contributed by atoms with van der Waals surface area (Å²) >= 11 is 0. The van der Waals surface area contributed by atoms with Gasteiger partial charge < -0.3 is 9.64 Å². The number of carbonyl (C=O) groups is 1. The fraction of sp³-hybridized carbons (Fsp3) is 0.480. The van der Waals surface area contributed by atoms with Crippen molar-refractivity contribution in [2.45, 2.75) is 65.0 Å². The molecule has 152 valence electrons. The number of anilines is 1. The number of hydrogen-bond acceptors (Lipinski definition) is 3. The Morgan fingerprint density at radius 3 is 1.93 bits per heavy atom. The minimum Gasteiger partial charge on any atom is -0.460 e. The van der Waals surface area contributed by atoms with Crippen molar-refractivity contribution < 1.29 is 9.53 Å². The first kappa shape index (κ1) is 22.0. The maximum atomic E-state index is 13.4. The van der Waals surface area contributed by atoms with E-state index in [-0.39, 0.29) is 12.1 Å². The Labute approximate surface area is 170 Å². The lowest BCUT2D eigenvalue weighted by atomic mass is 9.90. The summed E-state index contributed by atoms with van der Waals surface area (Å²) < 4.78 is 6.15. The zero-order chi connectivity index (χ0) is 20.4. The van der Waals surface area contributed by atoms with E-state index in [1.54, 1.807) is 0 Å². The van der Waals surface area contributed by atoms with Crippen LogP contribution in [0.3, 0.4) is 0 Å². The molecule has 0 amide bonds. The number of para-hydroxylation sites is 1. The van der Waals surface area contributed by atoms with Crippen LogP contribution in [0.5, 0.6) is 0 Å². The summed E-state index contributed by atoms with van der Waals surface area (Å²) in [5, 5.41) is 0. The van der Waals surface area contributed by atoms with E-state index in [1.165, 1.54) is 0 Å². The van der Waals surface area contributed by atoms with E-state index < -0.39 is 6.04 Å². The van der Waals surface area contributed by atoms with Gasteiger partial charge in [-0.15, -0.1) is 0 Å². The monoisotopic (exact) mass is 381 g/mol. The first-order valence-corrected chi connectivity index (χ1v) is 10.7. The predicted octanol–water partition coefficient (Wildman–Crippen LogP) is 6.40. The average Bonchev–Trinajstić information content (AvgIpc) is 2.73. The van der Waals surface area contributed by atoms with Gasteiger partial charge in [0.05, 0.1) is 0 Å². The highest BCUT2D eigenvalue weighted by Gasteiger charge is 2.31. The summed E-state index contributed by atoms with van der Waals surface area (Å²) in [5.41, 5.74) is 1.95. The van der Waals surface area contributed by atoms with E-state index in [9.17, 15) is 4.79 Å². The highest BCUT2D eigenvalue weighted by atomic mass is 16.5. The van der Waals surface area contributed by atoms with E-state index in [0.717, 1.165) is 43.4 Å². The van der Waals surface area contributed by atoms with E-state index in [0.29, 0.717) is 5.92 Å². The van der Waals surface area contributed by atoms with Gasteiger partial charge in [0.25, 0.3) is 0 Å². The topological polar surface area (TPSA) is 29.5 Å². The lowest BCUT2D eigenvalue weighted by Gasteiger charge is -2.32. The maximum absolute atomic E-state index is 13.4. The van der Waals surface area contributed by atoms with Crippen molar-refractivity contribution >= 4 is 11.7 Å². The average molecular weight is 382 g/mol. The largest absolute Gasteiger partial charge is 0.460 e. The van der Waals surface area contributed by atoms with Crippen LogP contribution in [0.2, 0.25) is 0 Å². The molecule has 0 aliphatic rings. The zero-order valence-electron chi connectivity index (χ0n) is 17.8. The van der Waals surface area contributed by atoms with Crippen LogP contribution >= 0.6 is 0 Å². The van der Waals surface area contributed by atoms with Crippen LogP contribution in [0.25, 0.3) is 0 Å². The van der Waals surface area contributed by atoms with Gasteiger partial charge >= 0.3 is 5.97 Å². The van der Waals surface area contributed by atoms with E-state index in [1.807, 2.05) is 72.6 Å². The van der Waals surface area contributed by atoms with Crippen molar-refractivity contribution in [1.82, 2.24) is 0 Å². The summed E-state index contributed by atoms with van der Waals surface area (Å²) in [5.74, 6) is 0.268. The number of carbonyl (C=O) groups excluding carboxylic acids is 1. The van der Waals surface area contributed by atoms with Crippen molar-refractivity contribution in [3.05, 3.63) is 66.2 Å². The molecule has 0 aliphatic heterocycles. The molecule has 2 atom stereocenters. The molecule has 3 heteroatoms. The molecule has 0 aromatic heterocycles. The van der Waals surface area contributed by atoms with E-state index >= 15 is 0 Å². The number of nitrogens with zero attached hydrogens (tertiary/aromatic N) is 1. The van der Waals surface area contributed by atoms with Crippen molar-refractivity contribution in [3.8, 4) is 0 Å². The summed E-state index contributed by atoms with van der Waals surface area (Å²) in [6.45, 7) is 6.52. The van der Waals surface area contributed by atoms with Crippen molar-refractivity contribution in [1.29, 1.82) is 0 Å². The molecule has 0 saturated carbocycles. The van der Waals surface area contributed by atoms with Gasteiger partial charge in [-0.25, -0.2) is 4.79 Å². The Hall–Kier alpha value is -2.29. The second-order valence-corrected chi connectivity index (χ2v) is 7.48. The van der Waals surface area contributed by atoms with E-state index in [2.05, 4.69) is 20.8 Å². The van der Waals surface area contributed by atoms with Gasteiger partial charge in [-0.05, 0) is 42.9 Å². The van der Waals surface area contributed by atoms with Gasteiger partial charge in [0.2, 0.25) is 0 Å². The Morgan fingerprint density at radius 2 is 1.43 bits per heavy atom. The molecule has 0 bridgehead atoms. The molecule has 28 heavy (non-hydrogen) atoms. The van der Waals surface area contributed by atoms with Crippen LogP contribution in [0, 0.1) is 5.92 Å². The Kier molecular flexibility index (Phi) is 9.06. The molecule has 0 fully saturated rings. The highest BCUT2D eigenvalue weighted by Crippen LogP contribution is 2.30. The van der Waals surface area contributed by atoms with E-state index in [4.69, 9.17) is 4.74 Å². The highest BCUT2D eigenvalue weighted by molar-refractivity contribution is 5.82. The molecular formula is C25H35NO2. The molecule has 2 rings (SSSR count). The number of ether oxygens (including phenoxy) is 1. The molecule has 0 N–H and O–H groups in total. The number of esters is 1. The van der Waals surface area contributed by atoms with Crippen LogP contribution in [0.15, 0.2) is 60.7 Å². The molecule has 0 heterocycles. The van der Waals surface area contributed by atoms with Crippen molar-refractivity contribution in [2.75, 3.05) is 11.9 Å². The first-order chi connectivity index (χ1) is 13.6. The maximum Gasteiger partial charge on any atom is 0.333 e. The number of benzene rings is 2. The normalized spacial score (nSPS) is 13.2. The van der Waals surface area contributed by atoms with Crippen LogP contribution in [-0.2, 0) is 9.53 Å². The quantitative estimate of drug-likeness (QED) is 0.422. The number of likely N-dealkylation sites (N-methyl/N-ethyl adjacent to an activating group) is 1. The van der Waals surface area contributed by atoms with Crippen molar-refractivity contribution in [3.63, 3.8) is 0 Å². The molecule has 0 radical (unpaired) electrons. The van der Waals surface area contributed by atoms with Crippen LogP contribution < -0.4 is 4.90 Å². The van der Waals surface area contributed by atoms with Gasteiger partial charge in [0.15, 0.2) is 6.04 Å². The molecule has 0 saturated heterocycles. The Morgan fingerprint density at radius 1 is 0.893 bits per heavy atom. The van der Waals surface area contributed by atoms with Crippen LogP contribution in [0.1, 0.15) is 64.5 Å². The number of rotatable bonds is 11. The second kappa shape index (κ2) is 11.5. The van der Waals surface area contributed by atoms with Crippen LogP contribution in [-0.4, -0.2) is 19.1 Å². The standard InChI is InChI=1S/C25H35NO2/c1-5-14-20(15-6-2)23(7-3)28-25(27)24(21-16-10-8-11-17-21)26(4)22-18-12-9-13-19-22/h8-13,16-20,23-24H,5-7,14-15H2,1-4H3/t23-,24?/m0/s1. The van der Waals surface area contributed by atoms with Gasteiger partial charge in [0.1, 0.15) is 6.10 Å². The number of hydrogen-bond donors (Lipinski definition) is 0. The summed E-state index contributed by atoms with van der Waals surface area (Å²) in [6, 6.07) is 19.5. The van der Waals surface area contributed by atoms with Gasteiger partial charge in [-0.1, -0.05) is 82.1 Å². The predicted molar refractivity (Wildman–Crippen MR) is 118 cm³/mol. The van der Waals surface area contributed by atoms with Gasteiger partial charge in [0, 0.05) is 12.7 Å². The lowest BCUT2D eigenvalue weighted by molar-refractivity contribution is -0.154. The molecule has 0 aliphatic carbocycles. The first-order valence-electron chi connectivity index (χ1n) is 10.7. The molecule has 3 nitrogen and oxygen atoms in total. The van der Waals surface area contributed by atoms with Gasteiger partial charge in [-0.2, -0.15) is 0 Å². The van der Waals surface area contributed by atoms with Gasteiger partial charge in [-0.3, -0.25) is 0 Å². The summed E-state index contributed by atoms with van der Waals surface area (Å²) in [7, 11) is 1.96. The second-order valence-electron chi connectivity index (χ2n) is 7.48. The third-order valence-corrected chi connectivity index (χ3v) is 5.40. The minimum absolute atomic E-state index is 0.0252. The van der Waals surface area contributed by atoms with Crippen molar-refractivity contribution in [2.24, 2.45) is 5.92 Å². The van der Waals surface area contributed by atoms with Crippen LogP contribution in [0.4, 0.5) is 5.69 Å². The fourth-order valence-corrected chi connectivity index (χ4v) is 3.95. The molecule has 1 unspecified atom stereocenters. The summed E-state index contributed by atoms with van der Waals surface area (Å²) in [4.78, 5) is 15.4. The minimum atomic E-state index is -0.457. The Balaban J connectivity index is 2.28. The summed E-state index contributed by atoms with van der Waals surface area (Å²) in [6.07, 6.45) is 5.26. The smallest absolute Gasteiger partial charge is 0.333 e. The molecule has 0 spiro atoms. The third-order valence-electron chi connectivity index (χ3n) is 5.40. The molecular weight excluding hydrogens is 346 g/mol. The SMILES string of the molecule is CCCC(CCC)[C@H](CC)OC(=O)C(c1ccccc1)N(C)c1ccccc1. The zero-order valence-corrected chi connectivity index (χ0v) is 17.8.